The minimum Gasteiger partial charge on any atom is -0.298 e. The third-order valence-corrected chi connectivity index (χ3v) is 3.00. The van der Waals surface area contributed by atoms with Crippen LogP contribution in [0.5, 0.6) is 0 Å². The van der Waals surface area contributed by atoms with Gasteiger partial charge < -0.3 is 0 Å². The molecule has 0 aliphatic heterocycles. The van der Waals surface area contributed by atoms with E-state index in [1.807, 2.05) is 0 Å². The van der Waals surface area contributed by atoms with Gasteiger partial charge in [0.15, 0.2) is 0 Å². The molecule has 0 amide bonds. The highest BCUT2D eigenvalue weighted by atomic mass is 32.2. The number of hydrogen-bond acceptors (Lipinski definition) is 2. The summed E-state index contributed by atoms with van der Waals surface area (Å²) in [6.45, 7) is 4.31. The van der Waals surface area contributed by atoms with Crippen molar-refractivity contribution in [3.63, 3.8) is 0 Å². The normalized spacial score (nSPS) is 10.7. The van der Waals surface area contributed by atoms with E-state index in [0.717, 1.165) is 17.1 Å². The van der Waals surface area contributed by atoms with Crippen LogP contribution in [0.4, 0.5) is 4.39 Å². The van der Waals surface area contributed by atoms with Crippen molar-refractivity contribution in [1.29, 1.82) is 0 Å². The molecule has 82 valence electrons. The molecule has 0 aromatic heterocycles. The molecule has 0 heterocycles. The summed E-state index contributed by atoms with van der Waals surface area (Å²) < 4.78 is 13.0. The SMILES string of the molecule is CC(C)CCSc1cc(F)cc(C=O)c1. The van der Waals surface area contributed by atoms with Crippen molar-refractivity contribution in [3.05, 3.63) is 29.6 Å². The largest absolute Gasteiger partial charge is 0.298 e. The summed E-state index contributed by atoms with van der Waals surface area (Å²) in [6.07, 6.45) is 1.77. The van der Waals surface area contributed by atoms with Crippen LogP contribution in [0.2, 0.25) is 0 Å². The second kappa shape index (κ2) is 5.91. The van der Waals surface area contributed by atoms with E-state index in [2.05, 4.69) is 13.8 Å². The molecule has 0 aliphatic rings. The number of aldehydes is 1. The Bertz CT molecular complexity index is 336. The first-order chi connectivity index (χ1) is 7.11. The zero-order valence-electron chi connectivity index (χ0n) is 9.00. The molecule has 0 N–H and O–H groups in total. The van der Waals surface area contributed by atoms with Crippen LogP contribution >= 0.6 is 11.8 Å². The Morgan fingerprint density at radius 2 is 2.13 bits per heavy atom. The van der Waals surface area contributed by atoms with Crippen molar-refractivity contribution in [2.24, 2.45) is 5.92 Å². The van der Waals surface area contributed by atoms with Gasteiger partial charge in [-0.2, -0.15) is 0 Å². The van der Waals surface area contributed by atoms with Gasteiger partial charge in [-0.1, -0.05) is 13.8 Å². The standard InChI is InChI=1S/C12H15FOS/c1-9(2)3-4-15-12-6-10(8-14)5-11(13)7-12/h5-9H,3-4H2,1-2H3. The Kier molecular flexibility index (Phi) is 4.82. The maximum Gasteiger partial charge on any atom is 0.150 e. The number of hydrogen-bond donors (Lipinski definition) is 0. The molecule has 1 nitrogen and oxygen atoms in total. The summed E-state index contributed by atoms with van der Waals surface area (Å²) in [6, 6.07) is 4.44. The van der Waals surface area contributed by atoms with Gasteiger partial charge in [0.25, 0.3) is 0 Å². The molecule has 1 rings (SSSR count). The smallest absolute Gasteiger partial charge is 0.150 e. The van der Waals surface area contributed by atoms with Crippen molar-refractivity contribution >= 4 is 18.0 Å². The van der Waals surface area contributed by atoms with Gasteiger partial charge in [-0.25, -0.2) is 4.39 Å². The van der Waals surface area contributed by atoms with E-state index in [0.29, 0.717) is 17.8 Å². The van der Waals surface area contributed by atoms with Crippen LogP contribution in [-0.4, -0.2) is 12.0 Å². The summed E-state index contributed by atoms with van der Waals surface area (Å²) in [5, 5.41) is 0. The molecule has 0 aliphatic carbocycles. The summed E-state index contributed by atoms with van der Waals surface area (Å²) in [7, 11) is 0. The van der Waals surface area contributed by atoms with Crippen LogP contribution in [0.15, 0.2) is 23.1 Å². The summed E-state index contributed by atoms with van der Waals surface area (Å²) in [5.74, 6) is 1.27. The lowest BCUT2D eigenvalue weighted by Gasteiger charge is -2.05. The van der Waals surface area contributed by atoms with Crippen molar-refractivity contribution in [1.82, 2.24) is 0 Å². The van der Waals surface area contributed by atoms with Crippen molar-refractivity contribution in [2.75, 3.05) is 5.75 Å². The lowest BCUT2D eigenvalue weighted by Crippen LogP contribution is -1.90. The predicted octanol–water partition coefficient (Wildman–Crippen LogP) is 3.78. The quantitative estimate of drug-likeness (QED) is 0.561. The fourth-order valence-electron chi connectivity index (χ4n) is 1.15. The van der Waals surface area contributed by atoms with Gasteiger partial charge in [0.2, 0.25) is 0 Å². The number of rotatable bonds is 5. The zero-order valence-corrected chi connectivity index (χ0v) is 9.81. The second-order valence-electron chi connectivity index (χ2n) is 3.87. The third kappa shape index (κ3) is 4.47. The maximum absolute atomic E-state index is 13.0. The van der Waals surface area contributed by atoms with Crippen molar-refractivity contribution < 1.29 is 9.18 Å². The van der Waals surface area contributed by atoms with E-state index in [4.69, 9.17) is 0 Å². The van der Waals surface area contributed by atoms with Crippen molar-refractivity contribution in [2.45, 2.75) is 25.2 Å². The molecule has 0 saturated carbocycles. The first-order valence-electron chi connectivity index (χ1n) is 5.00. The maximum atomic E-state index is 13.0. The molecule has 0 unspecified atom stereocenters. The van der Waals surface area contributed by atoms with Crippen LogP contribution in [-0.2, 0) is 0 Å². The van der Waals surface area contributed by atoms with Crippen LogP contribution in [0.3, 0.4) is 0 Å². The molecular formula is C12H15FOS. The second-order valence-corrected chi connectivity index (χ2v) is 5.04. The van der Waals surface area contributed by atoms with E-state index in [9.17, 15) is 9.18 Å². The highest BCUT2D eigenvalue weighted by molar-refractivity contribution is 7.99. The minimum absolute atomic E-state index is 0.341. The number of thioether (sulfide) groups is 1. The average molecular weight is 226 g/mol. The molecule has 0 bridgehead atoms. The average Bonchev–Trinajstić information content (AvgIpc) is 2.16. The lowest BCUT2D eigenvalue weighted by atomic mass is 10.2. The fraction of sp³-hybridized carbons (Fsp3) is 0.417. The van der Waals surface area contributed by atoms with E-state index < -0.39 is 0 Å². The Hall–Kier alpha value is -0.830. The van der Waals surface area contributed by atoms with E-state index in [-0.39, 0.29) is 5.82 Å². The van der Waals surface area contributed by atoms with Gasteiger partial charge in [0.1, 0.15) is 12.1 Å². The number of carbonyl (C=O) groups excluding carboxylic acids is 1. The number of benzene rings is 1. The van der Waals surface area contributed by atoms with Crippen LogP contribution in [0, 0.1) is 11.7 Å². The van der Waals surface area contributed by atoms with Gasteiger partial charge in [-0.3, -0.25) is 4.79 Å². The molecule has 0 saturated heterocycles. The zero-order chi connectivity index (χ0) is 11.3. The molecule has 1 aromatic rings. The van der Waals surface area contributed by atoms with Crippen molar-refractivity contribution in [3.8, 4) is 0 Å². The van der Waals surface area contributed by atoms with E-state index in [1.165, 1.54) is 12.1 Å². The van der Waals surface area contributed by atoms with Gasteiger partial charge in [0, 0.05) is 10.5 Å². The summed E-state index contributed by atoms with van der Waals surface area (Å²) >= 11 is 1.59. The van der Waals surface area contributed by atoms with Crippen LogP contribution < -0.4 is 0 Å². The molecule has 15 heavy (non-hydrogen) atoms. The monoisotopic (exact) mass is 226 g/mol. The molecular weight excluding hydrogens is 211 g/mol. The van der Waals surface area contributed by atoms with Gasteiger partial charge in [0.05, 0.1) is 0 Å². The van der Waals surface area contributed by atoms with Crippen LogP contribution in [0.25, 0.3) is 0 Å². The van der Waals surface area contributed by atoms with E-state index in [1.54, 1.807) is 17.8 Å². The Labute approximate surface area is 94.1 Å². The minimum atomic E-state index is -0.341. The lowest BCUT2D eigenvalue weighted by molar-refractivity contribution is 0.112. The fourth-order valence-corrected chi connectivity index (χ4v) is 2.39. The molecule has 0 atom stereocenters. The molecule has 0 spiro atoms. The highest BCUT2D eigenvalue weighted by Gasteiger charge is 2.01. The molecule has 1 aromatic carbocycles. The first-order valence-corrected chi connectivity index (χ1v) is 5.99. The molecule has 3 heteroatoms. The Morgan fingerprint density at radius 3 is 2.73 bits per heavy atom. The molecule has 0 fully saturated rings. The number of halogens is 1. The topological polar surface area (TPSA) is 17.1 Å². The Morgan fingerprint density at radius 1 is 1.40 bits per heavy atom. The molecule has 0 radical (unpaired) electrons. The highest BCUT2D eigenvalue weighted by Crippen LogP contribution is 2.22. The van der Waals surface area contributed by atoms with Gasteiger partial charge in [-0.15, -0.1) is 11.8 Å². The van der Waals surface area contributed by atoms with Gasteiger partial charge in [-0.05, 0) is 36.3 Å². The summed E-state index contributed by atoms with van der Waals surface area (Å²) in [5.41, 5.74) is 0.405. The summed E-state index contributed by atoms with van der Waals surface area (Å²) in [4.78, 5) is 11.3. The van der Waals surface area contributed by atoms with Gasteiger partial charge >= 0.3 is 0 Å². The van der Waals surface area contributed by atoms with Crippen LogP contribution in [0.1, 0.15) is 30.6 Å². The predicted molar refractivity (Wildman–Crippen MR) is 62.0 cm³/mol. The third-order valence-electron chi connectivity index (χ3n) is 1.99. The number of carbonyl (C=O) groups is 1. The van der Waals surface area contributed by atoms with E-state index >= 15 is 0 Å². The Balaban J connectivity index is 2.60. The first kappa shape index (κ1) is 12.2.